The minimum atomic E-state index is -1.19. The van der Waals surface area contributed by atoms with Crippen LogP contribution in [0, 0.1) is 6.92 Å². The normalized spacial score (nSPS) is 5.89. The van der Waals surface area contributed by atoms with Gasteiger partial charge in [0, 0.05) is 6.92 Å². The molecule has 0 saturated carbocycles. The molecule has 0 spiro atoms. The van der Waals surface area contributed by atoms with E-state index in [9.17, 15) is 7.10 Å². The van der Waals surface area contributed by atoms with Crippen LogP contribution in [0.2, 0.25) is 0 Å². The summed E-state index contributed by atoms with van der Waals surface area (Å²) in [6, 6.07) is 0. The third kappa shape index (κ3) is 11900. The molecule has 0 aromatic heterocycles. The van der Waals surface area contributed by atoms with E-state index in [0.717, 1.165) is 6.92 Å². The Labute approximate surface area is 60.3 Å². The molecular weight excluding hydrogens is 182 g/mol. The van der Waals surface area contributed by atoms with Crippen molar-refractivity contribution >= 4 is 5.97 Å². The van der Waals surface area contributed by atoms with Crippen LogP contribution in [0.25, 0.3) is 0 Å². The summed E-state index contributed by atoms with van der Waals surface area (Å²) in [5.41, 5.74) is 0. The van der Waals surface area contributed by atoms with E-state index in [1.807, 2.05) is 0 Å². The van der Waals surface area contributed by atoms with E-state index in [1.54, 1.807) is 6.92 Å². The fourth-order valence-electron chi connectivity index (χ4n) is 0. The molecule has 0 aliphatic carbocycles. The number of aliphatic carboxylic acids is 1. The Bertz CT molecular complexity index is 47.8. The van der Waals surface area contributed by atoms with Gasteiger partial charge in [0.05, 0.1) is 0 Å². The van der Waals surface area contributed by atoms with Crippen molar-refractivity contribution in [1.82, 2.24) is 0 Å². The zero-order valence-corrected chi connectivity index (χ0v) is 6.06. The molecule has 0 aliphatic heterocycles. The molecule has 0 saturated heterocycles. The van der Waals surface area contributed by atoms with E-state index in [2.05, 4.69) is 6.92 Å². The Morgan fingerprint density at radius 1 is 1.56 bits per heavy atom. The SMILES string of the molecule is CC(=O)O.[CH2-]C.[F][Cu][F]. The van der Waals surface area contributed by atoms with Crippen LogP contribution in [0.5, 0.6) is 0 Å². The van der Waals surface area contributed by atoms with Crippen molar-refractivity contribution in [2.45, 2.75) is 13.8 Å². The van der Waals surface area contributed by atoms with Crippen molar-refractivity contribution in [3.8, 4) is 0 Å². The first kappa shape index (κ1) is 15.9. The van der Waals surface area contributed by atoms with E-state index < -0.39 is 21.8 Å². The summed E-state index contributed by atoms with van der Waals surface area (Å²) in [4.78, 5) is 9.00. The van der Waals surface area contributed by atoms with Gasteiger partial charge in [0.15, 0.2) is 0 Å². The average Bonchev–Trinajstić information content (AvgIpc) is 1.71. The predicted molar refractivity (Wildman–Crippen MR) is 26.6 cm³/mol. The van der Waals surface area contributed by atoms with Gasteiger partial charge >= 0.3 is 23.0 Å². The van der Waals surface area contributed by atoms with Gasteiger partial charge in [-0.05, 0) is 0 Å². The van der Waals surface area contributed by atoms with Crippen molar-refractivity contribution in [2.24, 2.45) is 0 Å². The first-order chi connectivity index (χ1) is 4.15. The molecular formula is C4H9CuF2O2-. The summed E-state index contributed by atoms with van der Waals surface area (Å²) >= 11 is -1.19. The van der Waals surface area contributed by atoms with Gasteiger partial charge < -0.3 is 12.0 Å². The quantitative estimate of drug-likeness (QED) is 0.467. The molecule has 0 rings (SSSR count). The first-order valence-electron chi connectivity index (χ1n) is 1.86. The van der Waals surface area contributed by atoms with E-state index in [4.69, 9.17) is 9.90 Å². The summed E-state index contributed by atoms with van der Waals surface area (Å²) in [6.07, 6.45) is 0. The molecule has 0 amide bonds. The Morgan fingerprint density at radius 3 is 1.56 bits per heavy atom. The minimum absolute atomic E-state index is 0.833. The van der Waals surface area contributed by atoms with E-state index >= 15 is 0 Å². The van der Waals surface area contributed by atoms with Crippen LogP contribution in [0.4, 0.5) is 7.10 Å². The standard InChI is InChI=1S/C2H4O2.C2H5.Cu.2FH/c1-2(3)4;1-2;;;/h1H3,(H,3,4);1H2,2H3;;2*1H/q;-1;+2;;/p-2. The van der Waals surface area contributed by atoms with Crippen molar-refractivity contribution in [1.29, 1.82) is 0 Å². The number of halogens is 2. The van der Waals surface area contributed by atoms with Gasteiger partial charge in [0.2, 0.25) is 0 Å². The third-order valence-electron chi connectivity index (χ3n) is 0. The van der Waals surface area contributed by atoms with Crippen LogP contribution in [0.15, 0.2) is 0 Å². The van der Waals surface area contributed by atoms with Crippen molar-refractivity contribution in [3.63, 3.8) is 0 Å². The van der Waals surface area contributed by atoms with Crippen molar-refractivity contribution in [2.75, 3.05) is 0 Å². The topological polar surface area (TPSA) is 37.3 Å². The molecule has 0 bridgehead atoms. The first-order valence-corrected chi connectivity index (χ1v) is 2.57. The monoisotopic (exact) mass is 190 g/mol. The summed E-state index contributed by atoms with van der Waals surface area (Å²) in [6.45, 7) is 6.08. The molecule has 0 aliphatic rings. The Kier molecular flexibility index (Phi) is 44.0. The molecule has 0 fully saturated rings. The molecule has 0 heterocycles. The number of hydrogen-bond donors (Lipinski definition) is 1. The third-order valence-corrected chi connectivity index (χ3v) is 0. The number of carboxylic acids is 1. The second-order valence-corrected chi connectivity index (χ2v) is 0.697. The summed E-state index contributed by atoms with van der Waals surface area (Å²) in [7, 11) is 0. The summed E-state index contributed by atoms with van der Waals surface area (Å²) in [5, 5.41) is 7.42. The maximum atomic E-state index is 9.53. The van der Waals surface area contributed by atoms with Crippen molar-refractivity contribution in [3.05, 3.63) is 6.92 Å². The van der Waals surface area contributed by atoms with E-state index in [-0.39, 0.29) is 0 Å². The molecule has 0 atom stereocenters. The molecule has 9 heavy (non-hydrogen) atoms. The zero-order chi connectivity index (χ0) is 8.28. The molecule has 0 aromatic rings. The summed E-state index contributed by atoms with van der Waals surface area (Å²) < 4.78 is 19.1. The second kappa shape index (κ2) is 24.9. The van der Waals surface area contributed by atoms with E-state index in [0.29, 0.717) is 0 Å². The second-order valence-electron chi connectivity index (χ2n) is 0.562. The molecule has 1 N–H and O–H groups in total. The fourth-order valence-corrected chi connectivity index (χ4v) is 0. The Morgan fingerprint density at radius 2 is 1.56 bits per heavy atom. The molecule has 0 radical (unpaired) electrons. The Balaban J connectivity index is -0.0000000646. The van der Waals surface area contributed by atoms with Gasteiger partial charge in [-0.1, -0.05) is 0 Å². The van der Waals surface area contributed by atoms with Gasteiger partial charge in [-0.15, -0.1) is 0 Å². The van der Waals surface area contributed by atoms with E-state index in [1.165, 1.54) is 0 Å². The number of carbonyl (C=O) groups is 1. The Hall–Kier alpha value is -0.151. The molecule has 0 aromatic carbocycles. The fraction of sp³-hybridized carbons (Fsp3) is 0.500. The maximum absolute atomic E-state index is 9.53. The molecule has 2 nitrogen and oxygen atoms in total. The average molecular weight is 191 g/mol. The van der Waals surface area contributed by atoms with Gasteiger partial charge in [0.25, 0.3) is 5.97 Å². The predicted octanol–water partition coefficient (Wildman–Crippen LogP) is 1.77. The zero-order valence-electron chi connectivity index (χ0n) is 5.12. The molecule has 63 valence electrons. The van der Waals surface area contributed by atoms with Crippen LogP contribution in [-0.2, 0) is 20.7 Å². The number of rotatable bonds is 0. The molecule has 0 unspecified atom stereocenters. The van der Waals surface area contributed by atoms with Gasteiger partial charge in [0.1, 0.15) is 0 Å². The van der Waals surface area contributed by atoms with Crippen LogP contribution in [0.1, 0.15) is 13.8 Å². The van der Waals surface area contributed by atoms with Gasteiger partial charge in [-0.3, -0.25) is 4.79 Å². The molecule has 5 heteroatoms. The summed E-state index contributed by atoms with van der Waals surface area (Å²) in [5.74, 6) is -0.833. The van der Waals surface area contributed by atoms with Crippen LogP contribution in [0.3, 0.4) is 0 Å². The van der Waals surface area contributed by atoms with Crippen molar-refractivity contribution < 1.29 is 32.9 Å². The van der Waals surface area contributed by atoms with Crippen LogP contribution in [-0.4, -0.2) is 11.1 Å². The van der Waals surface area contributed by atoms with Crippen LogP contribution < -0.4 is 0 Å². The van der Waals surface area contributed by atoms with Gasteiger partial charge in [-0.25, -0.2) is 0 Å². The van der Waals surface area contributed by atoms with Gasteiger partial charge in [-0.2, -0.15) is 6.92 Å². The van der Waals surface area contributed by atoms with Crippen LogP contribution >= 0.6 is 0 Å². The number of hydrogen-bond acceptors (Lipinski definition) is 1. The number of carboxylic acid groups (broad SMARTS) is 1.